The fourth-order valence-electron chi connectivity index (χ4n) is 4.16. The predicted octanol–water partition coefficient (Wildman–Crippen LogP) is 2.41. The van der Waals surface area contributed by atoms with Crippen LogP contribution in [0, 0.1) is 11.6 Å². The Hall–Kier alpha value is -2.85. The Kier molecular flexibility index (Phi) is 6.00. The maximum Gasteiger partial charge on any atom is 0.253 e. The molecule has 0 bridgehead atoms. The van der Waals surface area contributed by atoms with Crippen LogP contribution in [0.15, 0.2) is 41.3 Å². The molecule has 2 aliphatic heterocycles. The molecule has 0 saturated carbocycles. The number of carbonyl (C=O) groups excluding carboxylic acids is 2. The normalized spacial score (nSPS) is 16.8. The van der Waals surface area contributed by atoms with Crippen LogP contribution < -0.4 is 4.90 Å². The first-order valence-electron chi connectivity index (χ1n) is 10.4. The van der Waals surface area contributed by atoms with Gasteiger partial charge in [0.25, 0.3) is 5.91 Å². The van der Waals surface area contributed by atoms with Gasteiger partial charge >= 0.3 is 0 Å². The smallest absolute Gasteiger partial charge is 0.253 e. The Labute approximate surface area is 185 Å². The molecule has 2 heterocycles. The molecule has 0 aromatic heterocycles. The van der Waals surface area contributed by atoms with Gasteiger partial charge in [0.15, 0.2) is 4.90 Å². The van der Waals surface area contributed by atoms with Gasteiger partial charge in [0, 0.05) is 50.4 Å². The van der Waals surface area contributed by atoms with E-state index in [0.717, 1.165) is 33.8 Å². The summed E-state index contributed by atoms with van der Waals surface area (Å²) in [6.07, 6.45) is 1.08. The van der Waals surface area contributed by atoms with Crippen LogP contribution in [0.5, 0.6) is 0 Å². The molecule has 0 spiro atoms. The van der Waals surface area contributed by atoms with Gasteiger partial charge in [0.2, 0.25) is 15.9 Å². The number of anilines is 1. The van der Waals surface area contributed by atoms with E-state index in [4.69, 9.17) is 0 Å². The average molecular weight is 464 g/mol. The number of carbonyl (C=O) groups is 2. The van der Waals surface area contributed by atoms with Gasteiger partial charge in [-0.25, -0.2) is 17.2 Å². The van der Waals surface area contributed by atoms with Crippen molar-refractivity contribution in [2.45, 2.75) is 24.7 Å². The van der Waals surface area contributed by atoms with Crippen LogP contribution in [0.4, 0.5) is 14.5 Å². The molecular weight excluding hydrogens is 440 g/mol. The standard InChI is InChI=1S/C22H23F2N3O4S/c1-2-20(28)27-9-8-15-14-16(6-7-19(15)27)22(29)25-10-12-26(13-11-25)32(30,31)21-17(23)4-3-5-18(21)24/h3-7,14H,2,8-13H2,1H3. The van der Waals surface area contributed by atoms with Gasteiger partial charge in [-0.1, -0.05) is 13.0 Å². The number of nitrogens with zero attached hydrogens (tertiary/aromatic N) is 3. The van der Waals surface area contributed by atoms with Crippen molar-refractivity contribution >= 4 is 27.5 Å². The highest BCUT2D eigenvalue weighted by atomic mass is 32.2. The first-order chi connectivity index (χ1) is 15.2. The van der Waals surface area contributed by atoms with Gasteiger partial charge in [0.05, 0.1) is 0 Å². The van der Waals surface area contributed by atoms with E-state index >= 15 is 0 Å². The maximum atomic E-state index is 14.0. The predicted molar refractivity (Wildman–Crippen MR) is 114 cm³/mol. The zero-order chi connectivity index (χ0) is 23.0. The lowest BCUT2D eigenvalue weighted by Gasteiger charge is -2.34. The average Bonchev–Trinajstić information content (AvgIpc) is 3.21. The van der Waals surface area contributed by atoms with Crippen LogP contribution >= 0.6 is 0 Å². The minimum Gasteiger partial charge on any atom is -0.336 e. The Morgan fingerprint density at radius 1 is 0.969 bits per heavy atom. The molecule has 1 saturated heterocycles. The summed E-state index contributed by atoms with van der Waals surface area (Å²) in [5.74, 6) is -2.50. The van der Waals surface area contributed by atoms with E-state index in [2.05, 4.69) is 0 Å². The lowest BCUT2D eigenvalue weighted by Crippen LogP contribution is -2.50. The molecule has 2 aliphatic rings. The molecule has 10 heteroatoms. The molecule has 32 heavy (non-hydrogen) atoms. The summed E-state index contributed by atoms with van der Waals surface area (Å²) in [6, 6.07) is 8.12. The van der Waals surface area contributed by atoms with Gasteiger partial charge in [-0.2, -0.15) is 4.31 Å². The number of amides is 2. The second kappa shape index (κ2) is 8.59. The van der Waals surface area contributed by atoms with E-state index in [0.29, 0.717) is 24.9 Å². The minimum atomic E-state index is -4.35. The summed E-state index contributed by atoms with van der Waals surface area (Å²) in [5, 5.41) is 0. The highest BCUT2D eigenvalue weighted by Gasteiger charge is 2.34. The molecule has 1 fully saturated rings. The number of hydrogen-bond acceptors (Lipinski definition) is 4. The molecule has 0 atom stereocenters. The molecule has 2 amide bonds. The number of sulfonamides is 1. The second-order valence-electron chi connectivity index (χ2n) is 7.74. The Morgan fingerprint density at radius 2 is 1.62 bits per heavy atom. The van der Waals surface area contributed by atoms with E-state index in [-0.39, 0.29) is 38.0 Å². The molecule has 4 rings (SSSR count). The molecule has 170 valence electrons. The number of rotatable bonds is 4. The summed E-state index contributed by atoms with van der Waals surface area (Å²) in [6.45, 7) is 2.47. The molecule has 0 aliphatic carbocycles. The third-order valence-corrected chi connectivity index (χ3v) is 7.82. The lowest BCUT2D eigenvalue weighted by molar-refractivity contribution is -0.118. The quantitative estimate of drug-likeness (QED) is 0.698. The summed E-state index contributed by atoms with van der Waals surface area (Å²) in [5.41, 5.74) is 2.20. The Balaban J connectivity index is 1.46. The van der Waals surface area contributed by atoms with Crippen molar-refractivity contribution in [3.8, 4) is 0 Å². The summed E-state index contributed by atoms with van der Waals surface area (Å²) in [4.78, 5) is 27.3. The van der Waals surface area contributed by atoms with Crippen molar-refractivity contribution < 1.29 is 26.8 Å². The maximum absolute atomic E-state index is 14.0. The zero-order valence-corrected chi connectivity index (χ0v) is 18.4. The summed E-state index contributed by atoms with van der Waals surface area (Å²) in [7, 11) is -4.35. The number of piperazine rings is 1. The first-order valence-corrected chi connectivity index (χ1v) is 11.8. The molecule has 2 aromatic rings. The second-order valence-corrected chi connectivity index (χ2v) is 9.61. The Morgan fingerprint density at radius 3 is 2.25 bits per heavy atom. The third kappa shape index (κ3) is 3.88. The van der Waals surface area contributed by atoms with E-state index in [1.807, 2.05) is 0 Å². The van der Waals surface area contributed by atoms with E-state index < -0.39 is 26.6 Å². The first kappa shape index (κ1) is 22.3. The van der Waals surface area contributed by atoms with Crippen LogP contribution in [0.2, 0.25) is 0 Å². The monoisotopic (exact) mass is 463 g/mol. The van der Waals surface area contributed by atoms with Crippen LogP contribution in [0.1, 0.15) is 29.3 Å². The number of benzene rings is 2. The summed E-state index contributed by atoms with van der Waals surface area (Å²) >= 11 is 0. The van der Waals surface area contributed by atoms with Crippen molar-refractivity contribution in [2.24, 2.45) is 0 Å². The van der Waals surface area contributed by atoms with Crippen LogP contribution in [-0.2, 0) is 21.2 Å². The van der Waals surface area contributed by atoms with Gasteiger partial charge in [0.1, 0.15) is 11.6 Å². The number of hydrogen-bond donors (Lipinski definition) is 0. The topological polar surface area (TPSA) is 78.0 Å². The molecular formula is C22H23F2N3O4S. The molecule has 0 unspecified atom stereocenters. The molecule has 0 N–H and O–H groups in total. The summed E-state index contributed by atoms with van der Waals surface area (Å²) < 4.78 is 54.4. The van der Waals surface area contributed by atoms with Gasteiger partial charge in [-0.3, -0.25) is 9.59 Å². The van der Waals surface area contributed by atoms with Crippen LogP contribution in [0.25, 0.3) is 0 Å². The minimum absolute atomic E-state index is 0.0337. The largest absolute Gasteiger partial charge is 0.336 e. The van der Waals surface area contributed by atoms with E-state index in [9.17, 15) is 26.8 Å². The number of fused-ring (bicyclic) bond motifs is 1. The zero-order valence-electron chi connectivity index (χ0n) is 17.6. The van der Waals surface area contributed by atoms with Crippen molar-refractivity contribution in [1.29, 1.82) is 0 Å². The van der Waals surface area contributed by atoms with Crippen molar-refractivity contribution in [3.63, 3.8) is 0 Å². The van der Waals surface area contributed by atoms with E-state index in [1.54, 1.807) is 30.0 Å². The molecule has 7 nitrogen and oxygen atoms in total. The Bertz CT molecular complexity index is 1160. The highest BCUT2D eigenvalue weighted by molar-refractivity contribution is 7.89. The highest BCUT2D eigenvalue weighted by Crippen LogP contribution is 2.30. The third-order valence-electron chi connectivity index (χ3n) is 5.87. The fourth-order valence-corrected chi connectivity index (χ4v) is 5.69. The van der Waals surface area contributed by atoms with Crippen LogP contribution in [0.3, 0.4) is 0 Å². The van der Waals surface area contributed by atoms with Crippen molar-refractivity contribution in [3.05, 3.63) is 59.2 Å². The SMILES string of the molecule is CCC(=O)N1CCc2cc(C(=O)N3CCN(S(=O)(=O)c4c(F)cccc4F)CC3)ccc21. The van der Waals surface area contributed by atoms with Gasteiger partial charge < -0.3 is 9.80 Å². The molecule has 2 aromatic carbocycles. The van der Waals surface area contributed by atoms with Gasteiger partial charge in [-0.15, -0.1) is 0 Å². The van der Waals surface area contributed by atoms with Gasteiger partial charge in [-0.05, 0) is 42.3 Å². The van der Waals surface area contributed by atoms with Crippen molar-refractivity contribution in [1.82, 2.24) is 9.21 Å². The van der Waals surface area contributed by atoms with E-state index in [1.165, 1.54) is 4.90 Å². The van der Waals surface area contributed by atoms with Crippen molar-refractivity contribution in [2.75, 3.05) is 37.6 Å². The lowest BCUT2D eigenvalue weighted by atomic mass is 10.1. The van der Waals surface area contributed by atoms with Crippen LogP contribution in [-0.4, -0.2) is 62.2 Å². The number of halogens is 2. The molecule has 0 radical (unpaired) electrons. The fraction of sp³-hybridized carbons (Fsp3) is 0.364.